The highest BCUT2D eigenvalue weighted by Gasteiger charge is 2.39. The topological polar surface area (TPSA) is 58.2 Å². The van der Waals surface area contributed by atoms with Crippen LogP contribution in [0.15, 0.2) is 58.3 Å². The lowest BCUT2D eigenvalue weighted by molar-refractivity contribution is 0.0927. The van der Waals surface area contributed by atoms with Crippen LogP contribution in [0.1, 0.15) is 40.5 Å². The van der Waals surface area contributed by atoms with Gasteiger partial charge >= 0.3 is 0 Å². The molecule has 2 aliphatic rings. The van der Waals surface area contributed by atoms with Gasteiger partial charge in [-0.25, -0.2) is 0 Å². The molecule has 26 heavy (non-hydrogen) atoms. The number of carbonyl (C=O) groups excluding carboxylic acids is 2. The van der Waals surface area contributed by atoms with Gasteiger partial charge in [-0.1, -0.05) is 30.0 Å². The SMILES string of the molecule is CC(=O)c1ccccc1Sc1ccc(C(=O)NC2CC3CNC2C3)cc1. The molecule has 2 fully saturated rings. The molecule has 2 N–H and O–H groups in total. The molecule has 5 heteroatoms. The lowest BCUT2D eigenvalue weighted by atomic mass is 10.1. The molecule has 134 valence electrons. The van der Waals surface area contributed by atoms with E-state index in [1.54, 1.807) is 18.7 Å². The van der Waals surface area contributed by atoms with E-state index < -0.39 is 0 Å². The van der Waals surface area contributed by atoms with Gasteiger partial charge in [-0.3, -0.25) is 9.59 Å². The molecule has 4 nitrogen and oxygen atoms in total. The fraction of sp³-hybridized carbons (Fsp3) is 0.333. The fourth-order valence-corrected chi connectivity index (χ4v) is 4.91. The summed E-state index contributed by atoms with van der Waals surface area (Å²) in [5, 5.41) is 6.64. The number of benzene rings is 2. The molecule has 0 aromatic heterocycles. The third-order valence-electron chi connectivity index (χ3n) is 5.26. The van der Waals surface area contributed by atoms with Crippen LogP contribution in [0.2, 0.25) is 0 Å². The van der Waals surface area contributed by atoms with Crippen LogP contribution in [0.4, 0.5) is 0 Å². The number of Topliss-reactive ketones (excluding diaryl/α,β-unsaturated/α-hetero) is 1. The molecule has 1 saturated carbocycles. The predicted molar refractivity (Wildman–Crippen MR) is 103 cm³/mol. The van der Waals surface area contributed by atoms with Crippen molar-refractivity contribution in [1.82, 2.24) is 10.6 Å². The van der Waals surface area contributed by atoms with Crippen molar-refractivity contribution in [2.75, 3.05) is 6.54 Å². The number of hydrogen-bond acceptors (Lipinski definition) is 4. The van der Waals surface area contributed by atoms with Gasteiger partial charge < -0.3 is 10.6 Å². The monoisotopic (exact) mass is 366 g/mol. The minimum absolute atomic E-state index is 0.00923. The lowest BCUT2D eigenvalue weighted by Gasteiger charge is -2.24. The van der Waals surface area contributed by atoms with Crippen LogP contribution < -0.4 is 10.6 Å². The first-order chi connectivity index (χ1) is 12.6. The summed E-state index contributed by atoms with van der Waals surface area (Å²) in [5.41, 5.74) is 1.40. The summed E-state index contributed by atoms with van der Waals surface area (Å²) in [5.74, 6) is 0.763. The van der Waals surface area contributed by atoms with Crippen molar-refractivity contribution < 1.29 is 9.59 Å². The molecule has 1 aliphatic carbocycles. The Morgan fingerprint density at radius 1 is 1.08 bits per heavy atom. The second kappa shape index (κ2) is 7.25. The van der Waals surface area contributed by atoms with E-state index in [1.165, 1.54) is 6.42 Å². The van der Waals surface area contributed by atoms with Crippen molar-refractivity contribution >= 4 is 23.5 Å². The summed E-state index contributed by atoms with van der Waals surface area (Å²) in [6.07, 6.45) is 2.26. The maximum atomic E-state index is 12.5. The van der Waals surface area contributed by atoms with Gasteiger partial charge in [0.15, 0.2) is 5.78 Å². The highest BCUT2D eigenvalue weighted by Crippen LogP contribution is 2.32. The average molecular weight is 366 g/mol. The molecule has 2 aromatic rings. The lowest BCUT2D eigenvalue weighted by Crippen LogP contribution is -2.47. The Labute approximate surface area is 157 Å². The minimum Gasteiger partial charge on any atom is -0.348 e. The molecule has 3 unspecified atom stereocenters. The standard InChI is InChI=1S/C21H22N2O2S/c1-13(24)17-4-2-3-5-20(17)26-16-8-6-15(7-9-16)21(25)23-19-11-14-10-18(19)22-12-14/h2-9,14,18-19,22H,10-12H2,1H3,(H,23,25). The van der Waals surface area contributed by atoms with Crippen LogP contribution in [-0.4, -0.2) is 30.3 Å². The summed E-state index contributed by atoms with van der Waals surface area (Å²) in [6.45, 7) is 2.67. The number of amides is 1. The van der Waals surface area contributed by atoms with Gasteiger partial charge in [-0.05, 0) is 62.6 Å². The van der Waals surface area contributed by atoms with Gasteiger partial charge in [0.2, 0.25) is 0 Å². The third kappa shape index (κ3) is 3.55. The zero-order valence-electron chi connectivity index (χ0n) is 14.7. The Hall–Kier alpha value is -2.11. The zero-order chi connectivity index (χ0) is 18.1. The van der Waals surface area contributed by atoms with Crippen molar-refractivity contribution in [1.29, 1.82) is 0 Å². The molecule has 1 heterocycles. The largest absolute Gasteiger partial charge is 0.348 e. The van der Waals surface area contributed by atoms with Crippen LogP contribution in [-0.2, 0) is 0 Å². The Bertz CT molecular complexity index is 834. The van der Waals surface area contributed by atoms with E-state index in [4.69, 9.17) is 0 Å². The number of piperidine rings is 1. The maximum absolute atomic E-state index is 12.5. The molecule has 3 atom stereocenters. The summed E-state index contributed by atoms with van der Waals surface area (Å²) in [6, 6.07) is 15.9. The molecule has 1 amide bonds. The highest BCUT2D eigenvalue weighted by atomic mass is 32.2. The number of rotatable bonds is 5. The van der Waals surface area contributed by atoms with Crippen LogP contribution in [0, 0.1) is 5.92 Å². The normalized spacial score (nSPS) is 23.8. The molecular formula is C21H22N2O2S. The molecular weight excluding hydrogens is 344 g/mol. The van der Waals surface area contributed by atoms with Crippen LogP contribution in [0.3, 0.4) is 0 Å². The van der Waals surface area contributed by atoms with Gasteiger partial charge in [0.1, 0.15) is 0 Å². The number of hydrogen-bond donors (Lipinski definition) is 2. The van der Waals surface area contributed by atoms with Crippen molar-refractivity contribution in [3.8, 4) is 0 Å². The Balaban J connectivity index is 1.42. The number of fused-ring (bicyclic) bond motifs is 2. The van der Waals surface area contributed by atoms with Crippen LogP contribution in [0.5, 0.6) is 0 Å². The second-order valence-corrected chi connectivity index (χ2v) is 8.23. The molecule has 1 saturated heterocycles. The summed E-state index contributed by atoms with van der Waals surface area (Å²) >= 11 is 1.54. The summed E-state index contributed by atoms with van der Waals surface area (Å²) in [4.78, 5) is 26.2. The first-order valence-corrected chi connectivity index (χ1v) is 9.84. The van der Waals surface area contributed by atoms with Gasteiger partial charge in [-0.2, -0.15) is 0 Å². The van der Waals surface area contributed by atoms with E-state index in [0.29, 0.717) is 17.5 Å². The van der Waals surface area contributed by atoms with Gasteiger partial charge in [0.25, 0.3) is 5.91 Å². The molecule has 0 spiro atoms. The Morgan fingerprint density at radius 3 is 2.50 bits per heavy atom. The van der Waals surface area contributed by atoms with Crippen LogP contribution >= 0.6 is 11.8 Å². The average Bonchev–Trinajstić information content (AvgIpc) is 3.25. The zero-order valence-corrected chi connectivity index (χ0v) is 15.5. The smallest absolute Gasteiger partial charge is 0.251 e. The predicted octanol–water partition coefficient (Wildman–Crippen LogP) is 3.52. The first kappa shape index (κ1) is 17.3. The van der Waals surface area contributed by atoms with Crippen LogP contribution in [0.25, 0.3) is 0 Å². The first-order valence-electron chi connectivity index (χ1n) is 9.02. The minimum atomic E-state index is -0.00923. The van der Waals surface area contributed by atoms with E-state index >= 15 is 0 Å². The van der Waals surface area contributed by atoms with E-state index in [0.717, 1.165) is 28.3 Å². The summed E-state index contributed by atoms with van der Waals surface area (Å²) < 4.78 is 0. The molecule has 0 radical (unpaired) electrons. The quantitative estimate of drug-likeness (QED) is 0.795. The van der Waals surface area contributed by atoms with Gasteiger partial charge in [0, 0.05) is 33.0 Å². The third-order valence-corrected chi connectivity index (χ3v) is 6.34. The fourth-order valence-electron chi connectivity index (χ4n) is 3.91. The Kier molecular flexibility index (Phi) is 4.83. The molecule has 2 aromatic carbocycles. The maximum Gasteiger partial charge on any atom is 0.251 e. The Morgan fingerprint density at radius 2 is 1.85 bits per heavy atom. The van der Waals surface area contributed by atoms with Gasteiger partial charge in [0.05, 0.1) is 0 Å². The summed E-state index contributed by atoms with van der Waals surface area (Å²) in [7, 11) is 0. The molecule has 2 bridgehead atoms. The second-order valence-electron chi connectivity index (χ2n) is 7.11. The molecule has 1 aliphatic heterocycles. The van der Waals surface area contributed by atoms with Crippen molar-refractivity contribution in [3.05, 3.63) is 59.7 Å². The molecule has 4 rings (SSSR count). The van der Waals surface area contributed by atoms with E-state index in [1.807, 2.05) is 48.5 Å². The van der Waals surface area contributed by atoms with Crippen molar-refractivity contribution in [2.24, 2.45) is 5.92 Å². The highest BCUT2D eigenvalue weighted by molar-refractivity contribution is 7.99. The number of carbonyl (C=O) groups is 2. The van der Waals surface area contributed by atoms with E-state index in [-0.39, 0.29) is 17.7 Å². The van der Waals surface area contributed by atoms with Gasteiger partial charge in [-0.15, -0.1) is 0 Å². The number of ketones is 1. The van der Waals surface area contributed by atoms with E-state index in [9.17, 15) is 9.59 Å². The van der Waals surface area contributed by atoms with Crippen molar-refractivity contribution in [2.45, 2.75) is 41.6 Å². The van der Waals surface area contributed by atoms with Crippen molar-refractivity contribution in [3.63, 3.8) is 0 Å². The number of nitrogens with one attached hydrogen (secondary N) is 2. The van der Waals surface area contributed by atoms with E-state index in [2.05, 4.69) is 10.6 Å².